The zero-order valence-electron chi connectivity index (χ0n) is 17.1. The van der Waals surface area contributed by atoms with Gasteiger partial charge in [-0.15, -0.1) is 0 Å². The predicted molar refractivity (Wildman–Crippen MR) is 108 cm³/mol. The van der Waals surface area contributed by atoms with Gasteiger partial charge in [0.05, 0.1) is 18.3 Å². The summed E-state index contributed by atoms with van der Waals surface area (Å²) in [6.45, 7) is 10.6. The van der Waals surface area contributed by atoms with Gasteiger partial charge in [-0.3, -0.25) is 25.3 Å². The summed E-state index contributed by atoms with van der Waals surface area (Å²) >= 11 is 0. The zero-order valence-corrected chi connectivity index (χ0v) is 17.1. The predicted octanol–water partition coefficient (Wildman–Crippen LogP) is 2.52. The average Bonchev–Trinajstić information content (AvgIpc) is 3.36. The molecule has 0 aliphatic carbocycles. The molecule has 9 nitrogen and oxygen atoms in total. The Labute approximate surface area is 169 Å². The number of aromatic nitrogens is 3. The Morgan fingerprint density at radius 1 is 1.14 bits per heavy atom. The highest BCUT2D eigenvalue weighted by atomic mass is 16.4. The second kappa shape index (κ2) is 8.87. The van der Waals surface area contributed by atoms with Crippen LogP contribution in [0.1, 0.15) is 60.4 Å². The Balaban J connectivity index is 1.61. The van der Waals surface area contributed by atoms with Crippen LogP contribution in [0.25, 0.3) is 11.0 Å². The molecule has 0 aromatic carbocycles. The van der Waals surface area contributed by atoms with E-state index in [1.54, 1.807) is 29.1 Å². The molecule has 0 aliphatic rings. The van der Waals surface area contributed by atoms with Gasteiger partial charge in [-0.05, 0) is 45.1 Å². The molecule has 0 fully saturated rings. The lowest BCUT2D eigenvalue weighted by molar-refractivity contribution is 0.0828. The fourth-order valence-corrected chi connectivity index (χ4v) is 2.94. The molecule has 0 aliphatic heterocycles. The fraction of sp³-hybridized carbons (Fsp3) is 0.400. The van der Waals surface area contributed by atoms with Crippen molar-refractivity contribution in [3.63, 3.8) is 0 Å². The monoisotopic (exact) mass is 398 g/mol. The van der Waals surface area contributed by atoms with Crippen molar-refractivity contribution in [1.82, 2.24) is 30.5 Å². The van der Waals surface area contributed by atoms with Crippen molar-refractivity contribution in [2.75, 3.05) is 13.1 Å². The lowest BCUT2D eigenvalue weighted by atomic mass is 10.2. The molecular weight excluding hydrogens is 372 g/mol. The fourth-order valence-electron chi connectivity index (χ4n) is 2.94. The van der Waals surface area contributed by atoms with Crippen molar-refractivity contribution < 1.29 is 14.0 Å². The Morgan fingerprint density at radius 2 is 1.86 bits per heavy atom. The molecule has 29 heavy (non-hydrogen) atoms. The van der Waals surface area contributed by atoms with E-state index in [1.807, 2.05) is 13.8 Å². The Morgan fingerprint density at radius 3 is 2.55 bits per heavy atom. The van der Waals surface area contributed by atoms with Crippen LogP contribution < -0.4 is 10.9 Å². The minimum absolute atomic E-state index is 0.138. The van der Waals surface area contributed by atoms with Gasteiger partial charge in [0, 0.05) is 17.6 Å². The van der Waals surface area contributed by atoms with Crippen LogP contribution in [0.15, 0.2) is 35.0 Å². The van der Waals surface area contributed by atoms with E-state index in [9.17, 15) is 9.59 Å². The number of furan rings is 1. The van der Waals surface area contributed by atoms with E-state index in [-0.39, 0.29) is 11.8 Å². The zero-order chi connectivity index (χ0) is 21.0. The molecule has 2 N–H and O–H groups in total. The third kappa shape index (κ3) is 4.62. The Hall–Kier alpha value is -3.20. The molecule has 3 heterocycles. The van der Waals surface area contributed by atoms with Crippen molar-refractivity contribution in [3.05, 3.63) is 47.7 Å². The summed E-state index contributed by atoms with van der Waals surface area (Å²) in [4.78, 5) is 31.1. The third-order valence-electron chi connectivity index (χ3n) is 4.63. The lowest BCUT2D eigenvalue weighted by Crippen LogP contribution is -2.41. The number of hydrogen-bond donors (Lipinski definition) is 2. The first-order chi connectivity index (χ1) is 13.9. The maximum Gasteiger partial charge on any atom is 0.305 e. The number of amides is 2. The molecule has 2 amide bonds. The van der Waals surface area contributed by atoms with Crippen LogP contribution in [0.5, 0.6) is 0 Å². The third-order valence-corrected chi connectivity index (χ3v) is 4.63. The second-order valence-corrected chi connectivity index (χ2v) is 6.96. The molecule has 3 aromatic rings. The second-order valence-electron chi connectivity index (χ2n) is 6.96. The molecule has 0 unspecified atom stereocenters. The average molecular weight is 398 g/mol. The smallest absolute Gasteiger partial charge is 0.305 e. The molecule has 0 radical (unpaired) electrons. The molecule has 0 bridgehead atoms. The van der Waals surface area contributed by atoms with Crippen LogP contribution in [0, 0.1) is 0 Å². The summed E-state index contributed by atoms with van der Waals surface area (Å²) < 4.78 is 7.36. The molecule has 0 saturated carbocycles. The van der Waals surface area contributed by atoms with Crippen molar-refractivity contribution in [1.29, 1.82) is 0 Å². The first kappa shape index (κ1) is 20.5. The quantitative estimate of drug-likeness (QED) is 0.593. The highest BCUT2D eigenvalue weighted by Crippen LogP contribution is 2.16. The highest BCUT2D eigenvalue weighted by Gasteiger charge is 2.15. The summed E-state index contributed by atoms with van der Waals surface area (Å²) in [5, 5.41) is 5.04. The summed E-state index contributed by atoms with van der Waals surface area (Å²) in [6.07, 6.45) is 3.12. The number of hydrazine groups is 1. The van der Waals surface area contributed by atoms with Crippen LogP contribution in [-0.4, -0.2) is 44.6 Å². The van der Waals surface area contributed by atoms with Crippen molar-refractivity contribution >= 4 is 22.8 Å². The van der Waals surface area contributed by atoms with E-state index in [4.69, 9.17) is 4.42 Å². The maximum absolute atomic E-state index is 12.4. The first-order valence-electron chi connectivity index (χ1n) is 9.67. The van der Waals surface area contributed by atoms with Crippen LogP contribution in [-0.2, 0) is 6.54 Å². The van der Waals surface area contributed by atoms with E-state index in [2.05, 4.69) is 39.7 Å². The lowest BCUT2D eigenvalue weighted by Gasteiger charge is -2.15. The van der Waals surface area contributed by atoms with E-state index < -0.39 is 11.8 Å². The topological polar surface area (TPSA) is 105 Å². The summed E-state index contributed by atoms with van der Waals surface area (Å²) in [5.41, 5.74) is 5.78. The van der Waals surface area contributed by atoms with Crippen LogP contribution >= 0.6 is 0 Å². The van der Waals surface area contributed by atoms with Crippen LogP contribution in [0.2, 0.25) is 0 Å². The largest absolute Gasteiger partial charge is 0.454 e. The van der Waals surface area contributed by atoms with Gasteiger partial charge in [0.15, 0.2) is 11.4 Å². The van der Waals surface area contributed by atoms with E-state index >= 15 is 0 Å². The van der Waals surface area contributed by atoms with Gasteiger partial charge in [0.1, 0.15) is 5.76 Å². The summed E-state index contributed by atoms with van der Waals surface area (Å²) in [6, 6.07) is 5.21. The molecular formula is C20H26N6O3. The normalized spacial score (nSPS) is 11.4. The molecule has 3 rings (SSSR count). The molecule has 0 saturated heterocycles. The van der Waals surface area contributed by atoms with Gasteiger partial charge in [-0.1, -0.05) is 13.8 Å². The SMILES string of the molecule is CCN(CC)Cc1ccc(C(=O)NNC(=O)c2cnc3c(cnn3C(C)C)c2)o1. The number of rotatable bonds is 7. The minimum Gasteiger partial charge on any atom is -0.454 e. The standard InChI is InChI=1S/C20H26N6O3/c1-5-25(6-2)12-16-7-8-17(29-16)20(28)24-23-19(27)15-9-14-11-22-26(13(3)4)18(14)21-10-15/h7-11,13H,5-6,12H2,1-4H3,(H,23,27)(H,24,28). The maximum atomic E-state index is 12.4. The molecule has 0 atom stereocenters. The van der Waals surface area contributed by atoms with Gasteiger partial charge in [0.2, 0.25) is 0 Å². The highest BCUT2D eigenvalue weighted by molar-refractivity contribution is 5.99. The number of fused-ring (bicyclic) bond motifs is 1. The first-order valence-corrected chi connectivity index (χ1v) is 9.67. The van der Waals surface area contributed by atoms with Crippen LogP contribution in [0.4, 0.5) is 0 Å². The van der Waals surface area contributed by atoms with E-state index in [0.717, 1.165) is 18.5 Å². The van der Waals surface area contributed by atoms with Crippen LogP contribution in [0.3, 0.4) is 0 Å². The summed E-state index contributed by atoms with van der Waals surface area (Å²) in [7, 11) is 0. The van der Waals surface area contributed by atoms with Gasteiger partial charge in [0.25, 0.3) is 5.91 Å². The molecule has 0 spiro atoms. The van der Waals surface area contributed by atoms with E-state index in [0.29, 0.717) is 23.5 Å². The molecule has 9 heteroatoms. The van der Waals surface area contributed by atoms with Gasteiger partial charge >= 0.3 is 5.91 Å². The van der Waals surface area contributed by atoms with E-state index in [1.165, 1.54) is 6.20 Å². The summed E-state index contributed by atoms with van der Waals surface area (Å²) in [5.74, 6) is -0.160. The molecule has 3 aromatic heterocycles. The minimum atomic E-state index is -0.522. The molecule has 154 valence electrons. The number of carbonyl (C=O) groups excluding carboxylic acids is 2. The van der Waals surface area contributed by atoms with Crippen molar-refractivity contribution in [3.8, 4) is 0 Å². The number of carbonyl (C=O) groups is 2. The van der Waals surface area contributed by atoms with Gasteiger partial charge in [-0.2, -0.15) is 5.10 Å². The number of nitrogens with zero attached hydrogens (tertiary/aromatic N) is 4. The Kier molecular flexibility index (Phi) is 6.28. The van der Waals surface area contributed by atoms with Gasteiger partial charge in [-0.25, -0.2) is 9.67 Å². The number of pyridine rings is 1. The van der Waals surface area contributed by atoms with Gasteiger partial charge < -0.3 is 4.42 Å². The Bertz CT molecular complexity index is 1000. The van der Waals surface area contributed by atoms with Crippen molar-refractivity contribution in [2.45, 2.75) is 40.3 Å². The van der Waals surface area contributed by atoms with Crippen molar-refractivity contribution in [2.24, 2.45) is 0 Å². The number of hydrogen-bond acceptors (Lipinski definition) is 6. The number of nitrogens with one attached hydrogen (secondary N) is 2.